The molecule has 0 aliphatic carbocycles. The highest BCUT2D eigenvalue weighted by atomic mass is 35.5. The molecule has 0 radical (unpaired) electrons. The third-order valence-corrected chi connectivity index (χ3v) is 7.22. The number of rotatable bonds is 7. The Morgan fingerprint density at radius 1 is 1.14 bits per heavy atom. The molecule has 2 aromatic heterocycles. The molecule has 9 heteroatoms. The van der Waals surface area contributed by atoms with Crippen LogP contribution in [0.5, 0.6) is 0 Å². The lowest BCUT2D eigenvalue weighted by molar-refractivity contribution is 0.0838. The molecule has 0 aliphatic rings. The zero-order valence-corrected chi connectivity index (χ0v) is 19.0. The van der Waals surface area contributed by atoms with Crippen LogP contribution in [0.2, 0.25) is 30.7 Å². The second-order valence-electron chi connectivity index (χ2n) is 7.97. The van der Waals surface area contributed by atoms with E-state index in [-0.39, 0.29) is 11.9 Å². The van der Waals surface area contributed by atoms with Crippen molar-refractivity contribution in [2.24, 2.45) is 0 Å². The third kappa shape index (κ3) is 4.80. The van der Waals surface area contributed by atoms with Crippen molar-refractivity contribution in [2.75, 3.05) is 12.9 Å². The maximum atomic E-state index is 12.3. The predicted octanol–water partition coefficient (Wildman–Crippen LogP) is 4.47. The van der Waals surface area contributed by atoms with E-state index in [0.29, 0.717) is 28.5 Å². The summed E-state index contributed by atoms with van der Waals surface area (Å²) in [6.45, 7) is 7.45. The lowest BCUT2D eigenvalue weighted by Crippen LogP contribution is -2.22. The maximum absolute atomic E-state index is 12.3. The summed E-state index contributed by atoms with van der Waals surface area (Å²) in [5.74, 6) is 0. The van der Waals surface area contributed by atoms with Crippen LogP contribution in [0, 0.1) is 0 Å². The van der Waals surface area contributed by atoms with E-state index in [0.717, 1.165) is 17.9 Å². The van der Waals surface area contributed by atoms with E-state index in [1.54, 1.807) is 6.07 Å². The zero-order chi connectivity index (χ0) is 20.5. The van der Waals surface area contributed by atoms with Gasteiger partial charge in [0.25, 0.3) is 0 Å². The molecular weight excluding hydrogens is 414 g/mol. The fourth-order valence-corrected chi connectivity index (χ4v) is 4.56. The van der Waals surface area contributed by atoms with Crippen LogP contribution in [0.4, 0.5) is 0 Å². The number of aromatic nitrogens is 3. The van der Waals surface area contributed by atoms with Crippen LogP contribution in [-0.4, -0.2) is 43.9 Å². The Bertz CT molecular complexity index is 1090. The first-order chi connectivity index (χ1) is 13.1. The summed E-state index contributed by atoms with van der Waals surface area (Å²) in [6, 6.07) is 12.2. The number of hydrogen-bond donors (Lipinski definition) is 0. The van der Waals surface area contributed by atoms with Gasteiger partial charge in [-0.3, -0.25) is 4.57 Å². The van der Waals surface area contributed by atoms with Gasteiger partial charge in [-0.05, 0) is 12.1 Å². The number of nitrogens with zero attached hydrogens (tertiary/aromatic N) is 3. The number of pyridine rings is 1. The molecule has 1 aromatic carbocycles. The molecule has 0 amide bonds. The van der Waals surface area contributed by atoms with Crippen LogP contribution in [-0.2, 0) is 21.3 Å². The van der Waals surface area contributed by atoms with Gasteiger partial charge in [-0.1, -0.05) is 61.6 Å². The number of hydrogen-bond acceptors (Lipinski definition) is 5. The van der Waals surface area contributed by atoms with Crippen molar-refractivity contribution in [2.45, 2.75) is 37.6 Å². The van der Waals surface area contributed by atoms with Crippen molar-refractivity contribution in [3.05, 3.63) is 41.4 Å². The van der Waals surface area contributed by atoms with E-state index in [9.17, 15) is 8.42 Å². The molecule has 28 heavy (non-hydrogen) atoms. The minimum Gasteiger partial charge on any atom is -0.361 e. The van der Waals surface area contributed by atoms with E-state index < -0.39 is 17.9 Å². The first-order valence-electron chi connectivity index (χ1n) is 8.96. The van der Waals surface area contributed by atoms with Gasteiger partial charge in [0, 0.05) is 26.5 Å². The Kier molecular flexibility index (Phi) is 5.95. The van der Waals surface area contributed by atoms with Gasteiger partial charge >= 0.3 is 0 Å². The number of sulfone groups is 1. The van der Waals surface area contributed by atoms with Crippen molar-refractivity contribution in [3.63, 3.8) is 0 Å². The summed E-state index contributed by atoms with van der Waals surface area (Å²) in [4.78, 5) is 8.80. The van der Waals surface area contributed by atoms with Gasteiger partial charge < -0.3 is 4.74 Å². The number of halogens is 1. The quantitative estimate of drug-likeness (QED) is 0.402. The van der Waals surface area contributed by atoms with Crippen LogP contribution in [0.3, 0.4) is 0 Å². The van der Waals surface area contributed by atoms with E-state index >= 15 is 0 Å². The van der Waals surface area contributed by atoms with Crippen LogP contribution in [0.1, 0.15) is 0 Å². The van der Waals surface area contributed by atoms with Crippen LogP contribution >= 0.6 is 11.6 Å². The fraction of sp³-hybridized carbons (Fsp3) is 0.368. The SMILES string of the molecule is C[Si](C)(C)CCOCn1c(S(C)(=O)=O)nc2nc(-c3ccccc3)c(Cl)cc21. The normalized spacial score (nSPS) is 12.6. The van der Waals surface area contributed by atoms with Gasteiger partial charge in [0.2, 0.25) is 15.0 Å². The predicted molar refractivity (Wildman–Crippen MR) is 115 cm³/mol. The van der Waals surface area contributed by atoms with Gasteiger partial charge in [0.1, 0.15) is 6.73 Å². The summed E-state index contributed by atoms with van der Waals surface area (Å²) >= 11 is 6.47. The minimum atomic E-state index is -3.55. The summed E-state index contributed by atoms with van der Waals surface area (Å²) < 4.78 is 31.8. The molecule has 0 N–H and O–H groups in total. The van der Waals surface area contributed by atoms with Crippen molar-refractivity contribution >= 4 is 40.7 Å². The lowest BCUT2D eigenvalue weighted by atomic mass is 10.1. The highest BCUT2D eigenvalue weighted by Crippen LogP contribution is 2.30. The van der Waals surface area contributed by atoms with E-state index in [1.807, 2.05) is 30.3 Å². The van der Waals surface area contributed by atoms with Gasteiger partial charge in [-0.2, -0.15) is 4.98 Å². The molecule has 0 aliphatic heterocycles. The Hall–Kier alpha value is -1.74. The molecule has 150 valence electrons. The van der Waals surface area contributed by atoms with E-state index in [4.69, 9.17) is 16.3 Å². The first kappa shape index (κ1) is 21.0. The highest BCUT2D eigenvalue weighted by molar-refractivity contribution is 7.90. The van der Waals surface area contributed by atoms with Gasteiger partial charge in [0.15, 0.2) is 5.65 Å². The second kappa shape index (κ2) is 7.94. The molecular formula is C19H24ClN3O3SSi. The Morgan fingerprint density at radius 2 is 1.82 bits per heavy atom. The molecule has 0 atom stereocenters. The fourth-order valence-electron chi connectivity index (χ4n) is 2.74. The molecule has 0 saturated heterocycles. The number of benzene rings is 1. The smallest absolute Gasteiger partial charge is 0.231 e. The summed E-state index contributed by atoms with van der Waals surface area (Å²) in [5, 5.41) is 0.367. The topological polar surface area (TPSA) is 74.1 Å². The van der Waals surface area contributed by atoms with Gasteiger partial charge in [-0.15, -0.1) is 0 Å². The second-order valence-corrected chi connectivity index (χ2v) is 15.9. The monoisotopic (exact) mass is 437 g/mol. The lowest BCUT2D eigenvalue weighted by Gasteiger charge is -2.16. The average molecular weight is 438 g/mol. The third-order valence-electron chi connectivity index (χ3n) is 4.26. The van der Waals surface area contributed by atoms with Crippen molar-refractivity contribution in [3.8, 4) is 11.3 Å². The summed E-state index contributed by atoms with van der Waals surface area (Å²) in [5.41, 5.74) is 2.28. The Labute approximate surface area is 171 Å². The molecule has 6 nitrogen and oxygen atoms in total. The molecule has 3 aromatic rings. The van der Waals surface area contributed by atoms with Gasteiger partial charge in [-0.25, -0.2) is 13.4 Å². The van der Waals surface area contributed by atoms with Crippen LogP contribution in [0.25, 0.3) is 22.4 Å². The Morgan fingerprint density at radius 3 is 2.43 bits per heavy atom. The molecule has 3 rings (SSSR count). The average Bonchev–Trinajstić information content (AvgIpc) is 2.96. The summed E-state index contributed by atoms with van der Waals surface area (Å²) in [6.07, 6.45) is 1.13. The largest absolute Gasteiger partial charge is 0.361 e. The van der Waals surface area contributed by atoms with Gasteiger partial charge in [0.05, 0.1) is 16.2 Å². The molecule has 0 bridgehead atoms. The highest BCUT2D eigenvalue weighted by Gasteiger charge is 2.22. The van der Waals surface area contributed by atoms with Crippen LogP contribution in [0.15, 0.2) is 41.6 Å². The first-order valence-corrected chi connectivity index (χ1v) is 14.9. The van der Waals surface area contributed by atoms with E-state index in [1.165, 1.54) is 4.57 Å². The molecule has 0 spiro atoms. The maximum Gasteiger partial charge on any atom is 0.231 e. The van der Waals surface area contributed by atoms with Crippen LogP contribution < -0.4 is 0 Å². The van der Waals surface area contributed by atoms with Crippen molar-refractivity contribution in [1.29, 1.82) is 0 Å². The Balaban J connectivity index is 2.02. The van der Waals surface area contributed by atoms with E-state index in [2.05, 4.69) is 29.6 Å². The molecule has 2 heterocycles. The van der Waals surface area contributed by atoms with Crippen molar-refractivity contribution in [1.82, 2.24) is 14.5 Å². The zero-order valence-electron chi connectivity index (χ0n) is 16.4. The number of ether oxygens (including phenoxy) is 1. The minimum absolute atomic E-state index is 0.0655. The van der Waals surface area contributed by atoms with Crippen molar-refractivity contribution < 1.29 is 13.2 Å². The molecule has 0 saturated carbocycles. The molecule has 0 fully saturated rings. The summed E-state index contributed by atoms with van der Waals surface area (Å²) in [7, 11) is -4.79. The number of fused-ring (bicyclic) bond motifs is 1. The standard InChI is InChI=1S/C19H24ClN3O3SSi/c1-27(24,25)19-22-18-16(23(19)13-26-10-11-28(2,3)4)12-15(20)17(21-18)14-8-6-5-7-9-14/h5-9,12H,10-11,13H2,1-4H3. The molecule has 0 unspecified atom stereocenters. The number of imidazole rings is 1.